The van der Waals surface area contributed by atoms with Crippen molar-refractivity contribution in [3.63, 3.8) is 0 Å². The Balaban J connectivity index is 1.63. The van der Waals surface area contributed by atoms with Crippen LogP contribution >= 0.6 is 11.3 Å². The number of nitrogens with one attached hydrogen (secondary N) is 2. The number of carbonyl (C=O) groups is 2. The van der Waals surface area contributed by atoms with Gasteiger partial charge in [0.15, 0.2) is 5.13 Å². The van der Waals surface area contributed by atoms with Crippen LogP contribution in [-0.2, 0) is 12.7 Å². The number of thiazole rings is 1. The maximum Gasteiger partial charge on any atom is 0.418 e. The molecule has 0 spiro atoms. The number of halogens is 3. The average molecular weight is 421 g/mol. The Morgan fingerprint density at radius 2 is 1.76 bits per heavy atom. The molecule has 3 aromatic rings. The van der Waals surface area contributed by atoms with Crippen molar-refractivity contribution in [3.8, 4) is 0 Å². The second-order valence-corrected chi connectivity index (χ2v) is 6.91. The SMILES string of the molecule is O=C(Nc1ncc(C(=O)O)s1)c1ccc(CNc2ccccc2C(F)(F)F)cc1. The maximum atomic E-state index is 13.0. The van der Waals surface area contributed by atoms with Crippen LogP contribution in [0.15, 0.2) is 54.7 Å². The fraction of sp³-hybridized carbons (Fsp3) is 0.105. The van der Waals surface area contributed by atoms with Crippen LogP contribution in [0.3, 0.4) is 0 Å². The van der Waals surface area contributed by atoms with Crippen LogP contribution in [0.5, 0.6) is 0 Å². The fourth-order valence-corrected chi connectivity index (χ4v) is 3.11. The van der Waals surface area contributed by atoms with E-state index in [-0.39, 0.29) is 22.2 Å². The molecule has 0 radical (unpaired) electrons. The van der Waals surface area contributed by atoms with Crippen LogP contribution in [0.2, 0.25) is 0 Å². The molecule has 0 saturated heterocycles. The largest absolute Gasteiger partial charge is 0.477 e. The number of aromatic nitrogens is 1. The molecule has 0 bridgehead atoms. The molecule has 0 aliphatic carbocycles. The van der Waals surface area contributed by atoms with Gasteiger partial charge in [-0.25, -0.2) is 9.78 Å². The van der Waals surface area contributed by atoms with Gasteiger partial charge in [-0.3, -0.25) is 10.1 Å². The molecular weight excluding hydrogens is 407 g/mol. The molecule has 1 aromatic heterocycles. The van der Waals surface area contributed by atoms with E-state index in [9.17, 15) is 22.8 Å². The van der Waals surface area contributed by atoms with Crippen molar-refractivity contribution < 1.29 is 27.9 Å². The second-order valence-electron chi connectivity index (χ2n) is 5.88. The van der Waals surface area contributed by atoms with E-state index >= 15 is 0 Å². The van der Waals surface area contributed by atoms with Crippen molar-refractivity contribution in [3.05, 3.63) is 76.3 Å². The predicted molar refractivity (Wildman–Crippen MR) is 102 cm³/mol. The minimum Gasteiger partial charge on any atom is -0.477 e. The van der Waals surface area contributed by atoms with E-state index < -0.39 is 23.6 Å². The summed E-state index contributed by atoms with van der Waals surface area (Å²) in [5, 5.41) is 14.3. The molecule has 150 valence electrons. The van der Waals surface area contributed by atoms with Gasteiger partial charge in [-0.1, -0.05) is 35.6 Å². The lowest BCUT2D eigenvalue weighted by Gasteiger charge is -2.14. The smallest absolute Gasteiger partial charge is 0.418 e. The Bertz CT molecular complexity index is 1030. The van der Waals surface area contributed by atoms with Crippen molar-refractivity contribution in [2.24, 2.45) is 0 Å². The fourth-order valence-electron chi connectivity index (χ4n) is 2.46. The van der Waals surface area contributed by atoms with Crippen molar-refractivity contribution in [2.45, 2.75) is 12.7 Å². The number of aromatic carboxylic acids is 1. The lowest BCUT2D eigenvalue weighted by molar-refractivity contribution is -0.137. The van der Waals surface area contributed by atoms with E-state index in [1.807, 2.05) is 0 Å². The topological polar surface area (TPSA) is 91.3 Å². The van der Waals surface area contributed by atoms with Gasteiger partial charge in [0.1, 0.15) is 4.88 Å². The molecule has 0 aliphatic rings. The third-order valence-corrected chi connectivity index (χ3v) is 4.77. The zero-order valence-electron chi connectivity index (χ0n) is 14.7. The number of carboxylic acid groups (broad SMARTS) is 1. The highest BCUT2D eigenvalue weighted by Gasteiger charge is 2.33. The van der Waals surface area contributed by atoms with E-state index in [1.54, 1.807) is 12.1 Å². The Kier molecular flexibility index (Phi) is 5.83. The van der Waals surface area contributed by atoms with Crippen LogP contribution < -0.4 is 10.6 Å². The van der Waals surface area contributed by atoms with Crippen molar-refractivity contribution >= 4 is 34.0 Å². The van der Waals surface area contributed by atoms with Gasteiger partial charge in [-0.05, 0) is 29.8 Å². The monoisotopic (exact) mass is 421 g/mol. The molecule has 1 heterocycles. The zero-order valence-corrected chi connectivity index (χ0v) is 15.5. The number of rotatable bonds is 6. The Morgan fingerprint density at radius 1 is 1.07 bits per heavy atom. The van der Waals surface area contributed by atoms with Gasteiger partial charge in [-0.15, -0.1) is 0 Å². The number of carboxylic acids is 1. The van der Waals surface area contributed by atoms with Crippen LogP contribution in [-0.4, -0.2) is 22.0 Å². The number of hydrogen-bond acceptors (Lipinski definition) is 5. The van der Waals surface area contributed by atoms with Crippen molar-refractivity contribution in [1.29, 1.82) is 0 Å². The molecule has 2 aromatic carbocycles. The van der Waals surface area contributed by atoms with Crippen molar-refractivity contribution in [2.75, 3.05) is 10.6 Å². The molecule has 29 heavy (non-hydrogen) atoms. The summed E-state index contributed by atoms with van der Waals surface area (Å²) in [6.45, 7) is 0.142. The van der Waals surface area contributed by atoms with Gasteiger partial charge >= 0.3 is 12.1 Å². The molecule has 6 nitrogen and oxygen atoms in total. The highest BCUT2D eigenvalue weighted by atomic mass is 32.1. The molecule has 1 amide bonds. The number of anilines is 2. The van der Waals surface area contributed by atoms with Gasteiger partial charge < -0.3 is 10.4 Å². The number of benzene rings is 2. The average Bonchev–Trinajstić information content (AvgIpc) is 3.15. The van der Waals surface area contributed by atoms with E-state index in [4.69, 9.17) is 5.11 Å². The minimum absolute atomic E-state index is 0.000797. The van der Waals surface area contributed by atoms with E-state index in [0.717, 1.165) is 23.6 Å². The summed E-state index contributed by atoms with van der Waals surface area (Å²) in [6.07, 6.45) is -3.31. The van der Waals surface area contributed by atoms with Gasteiger partial charge in [0, 0.05) is 17.8 Å². The summed E-state index contributed by atoms with van der Waals surface area (Å²) in [4.78, 5) is 26.9. The van der Waals surface area contributed by atoms with Crippen LogP contribution in [0, 0.1) is 0 Å². The standard InChI is InChI=1S/C19H14F3N3O3S/c20-19(21,22)13-3-1-2-4-14(13)23-9-11-5-7-12(8-6-11)16(26)25-18-24-10-15(29-18)17(27)28/h1-8,10,23H,9H2,(H,27,28)(H,24,25,26). The number of para-hydroxylation sites is 1. The highest BCUT2D eigenvalue weighted by Crippen LogP contribution is 2.34. The Morgan fingerprint density at radius 3 is 2.38 bits per heavy atom. The highest BCUT2D eigenvalue weighted by molar-refractivity contribution is 7.17. The first-order valence-electron chi connectivity index (χ1n) is 8.23. The molecule has 3 N–H and O–H groups in total. The minimum atomic E-state index is -4.46. The third-order valence-electron chi connectivity index (χ3n) is 3.87. The van der Waals surface area contributed by atoms with Crippen LogP contribution in [0.4, 0.5) is 24.0 Å². The summed E-state index contributed by atoms with van der Waals surface area (Å²) in [5.74, 6) is -1.61. The van der Waals surface area contributed by atoms with E-state index in [2.05, 4.69) is 15.6 Å². The zero-order chi connectivity index (χ0) is 21.0. The van der Waals surface area contributed by atoms with Gasteiger partial charge in [0.25, 0.3) is 5.91 Å². The maximum absolute atomic E-state index is 13.0. The number of nitrogens with zero attached hydrogens (tertiary/aromatic N) is 1. The first kappa shape index (κ1) is 20.3. The van der Waals surface area contributed by atoms with Gasteiger partial charge in [0.2, 0.25) is 0 Å². The molecule has 10 heteroatoms. The first-order chi connectivity index (χ1) is 13.7. The number of alkyl halides is 3. The summed E-state index contributed by atoms with van der Waals surface area (Å²) >= 11 is 0.832. The van der Waals surface area contributed by atoms with Crippen LogP contribution in [0.25, 0.3) is 0 Å². The van der Waals surface area contributed by atoms with E-state index in [0.29, 0.717) is 11.1 Å². The summed E-state index contributed by atoms with van der Waals surface area (Å²) < 4.78 is 39.1. The van der Waals surface area contributed by atoms with Gasteiger partial charge in [0.05, 0.1) is 11.8 Å². The number of carbonyl (C=O) groups excluding carboxylic acids is 1. The predicted octanol–water partition coefficient (Wildman–Crippen LogP) is 4.72. The Hall–Kier alpha value is -3.40. The molecule has 0 fully saturated rings. The molecule has 3 rings (SSSR count). The molecule has 0 aliphatic heterocycles. The summed E-state index contributed by atoms with van der Waals surface area (Å²) in [5.41, 5.74) is 0.206. The summed E-state index contributed by atoms with van der Waals surface area (Å²) in [7, 11) is 0. The van der Waals surface area contributed by atoms with Crippen LogP contribution in [0.1, 0.15) is 31.2 Å². The Labute approximate surface area is 167 Å². The quantitative estimate of drug-likeness (QED) is 0.536. The molecule has 0 atom stereocenters. The normalized spacial score (nSPS) is 11.1. The number of amides is 1. The lowest BCUT2D eigenvalue weighted by atomic mass is 10.1. The molecular formula is C19H14F3N3O3S. The molecule has 0 saturated carbocycles. The lowest BCUT2D eigenvalue weighted by Crippen LogP contribution is -2.12. The third kappa shape index (κ3) is 5.11. The molecule has 0 unspecified atom stereocenters. The number of hydrogen-bond donors (Lipinski definition) is 3. The first-order valence-corrected chi connectivity index (χ1v) is 9.05. The summed E-state index contributed by atoms with van der Waals surface area (Å²) in [6, 6.07) is 11.5. The van der Waals surface area contributed by atoms with E-state index in [1.165, 1.54) is 30.3 Å². The van der Waals surface area contributed by atoms with Crippen molar-refractivity contribution in [1.82, 2.24) is 4.98 Å². The van der Waals surface area contributed by atoms with Gasteiger partial charge in [-0.2, -0.15) is 13.2 Å². The second kappa shape index (κ2) is 8.31.